The van der Waals surface area contributed by atoms with Gasteiger partial charge in [0.2, 0.25) is 0 Å². The van der Waals surface area contributed by atoms with Crippen molar-refractivity contribution in [3.8, 4) is 0 Å². The Kier molecular flexibility index (Phi) is 3.60. The number of carbonyl (C=O) groups excluding carboxylic acids is 1. The molecule has 2 aliphatic heterocycles. The van der Waals surface area contributed by atoms with Gasteiger partial charge >= 0.3 is 0 Å². The predicted octanol–water partition coefficient (Wildman–Crippen LogP) is 3.02. The Morgan fingerprint density at radius 3 is 2.87 bits per heavy atom. The third kappa shape index (κ3) is 2.53. The van der Waals surface area contributed by atoms with Crippen LogP contribution in [-0.2, 0) is 9.53 Å². The number of nitrogens with one attached hydrogen (secondary N) is 1. The van der Waals surface area contributed by atoms with Crippen molar-refractivity contribution in [1.82, 2.24) is 14.9 Å². The monoisotopic (exact) mass is 313 g/mol. The molecule has 2 unspecified atom stereocenters. The molecule has 1 aromatic heterocycles. The number of H-pyrrole nitrogens is 1. The van der Waals surface area contributed by atoms with Crippen LogP contribution >= 0.6 is 0 Å². The molecular formula is C18H23N3O2. The van der Waals surface area contributed by atoms with E-state index < -0.39 is 0 Å². The van der Waals surface area contributed by atoms with Crippen LogP contribution in [0.15, 0.2) is 12.1 Å². The Morgan fingerprint density at radius 1 is 1.26 bits per heavy atom. The molecule has 0 radical (unpaired) electrons. The van der Waals surface area contributed by atoms with Crippen molar-refractivity contribution in [2.45, 2.75) is 51.7 Å². The van der Waals surface area contributed by atoms with Crippen LogP contribution in [0.3, 0.4) is 0 Å². The van der Waals surface area contributed by atoms with E-state index in [0.29, 0.717) is 6.61 Å². The van der Waals surface area contributed by atoms with Crippen molar-refractivity contribution in [3.63, 3.8) is 0 Å². The standard InChI is InChI=1S/C18H23N3O2/c1-11-9-13-14(10-12(11)2)20-17(19-13)15-5-3-7-21(15)18(22)16-6-4-8-23-16/h9-10,15-16H,3-8H2,1-2H3,(H,19,20). The van der Waals surface area contributed by atoms with Crippen molar-refractivity contribution in [2.24, 2.45) is 0 Å². The van der Waals surface area contributed by atoms with Crippen molar-refractivity contribution >= 4 is 16.9 Å². The lowest BCUT2D eigenvalue weighted by molar-refractivity contribution is -0.142. The van der Waals surface area contributed by atoms with E-state index in [2.05, 4.69) is 31.0 Å². The second kappa shape index (κ2) is 5.64. The molecule has 122 valence electrons. The van der Waals surface area contributed by atoms with E-state index in [-0.39, 0.29) is 18.1 Å². The first-order valence-electron chi connectivity index (χ1n) is 8.52. The number of aromatic nitrogens is 2. The van der Waals surface area contributed by atoms with Crippen LogP contribution in [0.25, 0.3) is 11.0 Å². The second-order valence-corrected chi connectivity index (χ2v) is 6.77. The van der Waals surface area contributed by atoms with Gasteiger partial charge in [0.05, 0.1) is 17.1 Å². The van der Waals surface area contributed by atoms with E-state index in [1.165, 1.54) is 11.1 Å². The highest BCUT2D eigenvalue weighted by atomic mass is 16.5. The zero-order valence-corrected chi connectivity index (χ0v) is 13.8. The SMILES string of the molecule is Cc1cc2nc(C3CCCN3C(=O)C3CCCO3)[nH]c2cc1C. The Morgan fingerprint density at radius 2 is 2.09 bits per heavy atom. The zero-order valence-electron chi connectivity index (χ0n) is 13.8. The zero-order chi connectivity index (χ0) is 16.0. The molecule has 0 bridgehead atoms. The van der Waals surface area contributed by atoms with Gasteiger partial charge < -0.3 is 14.6 Å². The first kappa shape index (κ1) is 14.7. The molecule has 2 saturated heterocycles. The summed E-state index contributed by atoms with van der Waals surface area (Å²) in [5, 5.41) is 0. The van der Waals surface area contributed by atoms with Crippen LogP contribution < -0.4 is 0 Å². The van der Waals surface area contributed by atoms with Crippen LogP contribution in [0.1, 0.15) is 48.7 Å². The largest absolute Gasteiger partial charge is 0.368 e. The smallest absolute Gasteiger partial charge is 0.252 e. The minimum absolute atomic E-state index is 0.0553. The Balaban J connectivity index is 1.64. The normalized spacial score (nSPS) is 24.7. The number of likely N-dealkylation sites (tertiary alicyclic amines) is 1. The molecule has 0 aliphatic carbocycles. The summed E-state index contributed by atoms with van der Waals surface area (Å²) in [6.07, 6.45) is 3.58. The van der Waals surface area contributed by atoms with Gasteiger partial charge in [0.25, 0.3) is 5.91 Å². The number of ether oxygens (including phenoxy) is 1. The van der Waals surface area contributed by atoms with Crippen molar-refractivity contribution in [3.05, 3.63) is 29.1 Å². The summed E-state index contributed by atoms with van der Waals surface area (Å²) in [4.78, 5) is 22.9. The molecule has 1 aromatic carbocycles. The van der Waals surface area contributed by atoms with E-state index in [1.54, 1.807) is 0 Å². The number of fused-ring (bicyclic) bond motifs is 1. The topological polar surface area (TPSA) is 58.2 Å². The second-order valence-electron chi connectivity index (χ2n) is 6.77. The average molecular weight is 313 g/mol. The number of hydrogen-bond donors (Lipinski definition) is 1. The van der Waals surface area contributed by atoms with Gasteiger partial charge in [0.1, 0.15) is 11.9 Å². The highest BCUT2D eigenvalue weighted by Crippen LogP contribution is 2.33. The van der Waals surface area contributed by atoms with Gasteiger partial charge in [-0.2, -0.15) is 0 Å². The Labute approximate surface area is 136 Å². The lowest BCUT2D eigenvalue weighted by Gasteiger charge is -2.25. The number of carbonyl (C=O) groups is 1. The van der Waals surface area contributed by atoms with E-state index >= 15 is 0 Å². The molecule has 2 aliphatic rings. The summed E-state index contributed by atoms with van der Waals surface area (Å²) < 4.78 is 5.58. The van der Waals surface area contributed by atoms with Crippen molar-refractivity contribution < 1.29 is 9.53 Å². The predicted molar refractivity (Wildman–Crippen MR) is 88.2 cm³/mol. The van der Waals surface area contributed by atoms with Crippen molar-refractivity contribution in [1.29, 1.82) is 0 Å². The Hall–Kier alpha value is -1.88. The molecular weight excluding hydrogens is 290 g/mol. The van der Waals surface area contributed by atoms with E-state index in [9.17, 15) is 4.79 Å². The molecule has 2 fully saturated rings. The van der Waals surface area contributed by atoms with E-state index in [1.807, 2.05) is 4.90 Å². The van der Waals surface area contributed by atoms with Crippen LogP contribution in [0, 0.1) is 13.8 Å². The van der Waals surface area contributed by atoms with Gasteiger partial charge in [-0.1, -0.05) is 0 Å². The van der Waals surface area contributed by atoms with Gasteiger partial charge in [-0.15, -0.1) is 0 Å². The van der Waals surface area contributed by atoms with Crippen LogP contribution in [-0.4, -0.2) is 40.0 Å². The molecule has 3 heterocycles. The fourth-order valence-electron chi connectivity index (χ4n) is 3.72. The van der Waals surface area contributed by atoms with Gasteiger partial charge in [-0.05, 0) is 62.8 Å². The maximum Gasteiger partial charge on any atom is 0.252 e. The van der Waals surface area contributed by atoms with Gasteiger partial charge in [-0.25, -0.2) is 4.98 Å². The lowest BCUT2D eigenvalue weighted by Crippen LogP contribution is -2.38. The highest BCUT2D eigenvalue weighted by molar-refractivity contribution is 5.82. The number of aryl methyl sites for hydroxylation is 2. The number of imidazole rings is 1. The van der Waals surface area contributed by atoms with Gasteiger partial charge in [-0.3, -0.25) is 4.79 Å². The molecule has 1 N–H and O–H groups in total. The number of benzene rings is 1. The van der Waals surface area contributed by atoms with Gasteiger partial charge in [0.15, 0.2) is 0 Å². The van der Waals surface area contributed by atoms with Crippen LogP contribution in [0.2, 0.25) is 0 Å². The van der Waals surface area contributed by atoms with E-state index in [4.69, 9.17) is 9.72 Å². The Bertz CT molecular complexity index is 707. The minimum atomic E-state index is -0.246. The molecule has 4 rings (SSSR count). The summed E-state index contributed by atoms with van der Waals surface area (Å²) >= 11 is 0. The first-order chi connectivity index (χ1) is 11.1. The number of rotatable bonds is 2. The lowest BCUT2D eigenvalue weighted by atomic mass is 10.1. The van der Waals surface area contributed by atoms with Crippen LogP contribution in [0.5, 0.6) is 0 Å². The number of nitrogens with zero attached hydrogens (tertiary/aromatic N) is 2. The molecule has 5 nitrogen and oxygen atoms in total. The van der Waals surface area contributed by atoms with Gasteiger partial charge in [0, 0.05) is 13.2 Å². The third-order valence-corrected chi connectivity index (χ3v) is 5.17. The molecule has 1 amide bonds. The maximum absolute atomic E-state index is 12.7. The molecule has 0 saturated carbocycles. The summed E-state index contributed by atoms with van der Waals surface area (Å²) in [6.45, 7) is 5.72. The fraction of sp³-hybridized carbons (Fsp3) is 0.556. The quantitative estimate of drug-likeness (QED) is 0.927. The summed E-state index contributed by atoms with van der Waals surface area (Å²) in [5.41, 5.74) is 4.54. The average Bonchev–Trinajstić information content (AvgIpc) is 3.27. The number of hydrogen-bond acceptors (Lipinski definition) is 3. The van der Waals surface area contributed by atoms with Crippen molar-refractivity contribution in [2.75, 3.05) is 13.2 Å². The minimum Gasteiger partial charge on any atom is -0.368 e. The summed E-state index contributed by atoms with van der Waals surface area (Å²) in [5.74, 6) is 1.05. The fourth-order valence-corrected chi connectivity index (χ4v) is 3.72. The highest BCUT2D eigenvalue weighted by Gasteiger charge is 2.37. The molecule has 5 heteroatoms. The third-order valence-electron chi connectivity index (χ3n) is 5.17. The maximum atomic E-state index is 12.7. The number of aromatic amines is 1. The summed E-state index contributed by atoms with van der Waals surface area (Å²) in [6, 6.07) is 4.31. The molecule has 2 atom stereocenters. The van der Waals surface area contributed by atoms with Crippen LogP contribution in [0.4, 0.5) is 0 Å². The first-order valence-corrected chi connectivity index (χ1v) is 8.52. The molecule has 0 spiro atoms. The van der Waals surface area contributed by atoms with E-state index in [0.717, 1.165) is 49.1 Å². The summed E-state index contributed by atoms with van der Waals surface area (Å²) in [7, 11) is 0. The number of amides is 1. The molecule has 2 aromatic rings. The molecule has 23 heavy (non-hydrogen) atoms.